The molecule has 0 spiro atoms. The number of para-hydroxylation sites is 2. The van der Waals surface area contributed by atoms with Gasteiger partial charge in [-0.25, -0.2) is 4.68 Å². The summed E-state index contributed by atoms with van der Waals surface area (Å²) in [6.45, 7) is 1.73. The van der Waals surface area contributed by atoms with Gasteiger partial charge in [-0.15, -0.1) is 0 Å². The minimum Gasteiger partial charge on any atom is -0.485 e. The monoisotopic (exact) mass is 416 g/mol. The summed E-state index contributed by atoms with van der Waals surface area (Å²) >= 11 is 11.5. The highest BCUT2D eigenvalue weighted by atomic mass is 35.5. The van der Waals surface area contributed by atoms with E-state index in [1.165, 1.54) is 5.56 Å². The lowest BCUT2D eigenvalue weighted by Crippen LogP contribution is -2.25. The second-order valence-electron chi connectivity index (χ2n) is 6.85. The predicted octanol–water partition coefficient (Wildman–Crippen LogP) is 4.21. The number of rotatable bonds is 5. The molecule has 2 aromatic carbocycles. The van der Waals surface area contributed by atoms with Crippen LogP contribution in [-0.4, -0.2) is 32.9 Å². The van der Waals surface area contributed by atoms with Crippen molar-refractivity contribution in [2.24, 2.45) is 7.05 Å². The van der Waals surface area contributed by atoms with E-state index in [1.807, 2.05) is 71.9 Å². The summed E-state index contributed by atoms with van der Waals surface area (Å²) in [5, 5.41) is 5.44. The van der Waals surface area contributed by atoms with Crippen LogP contribution in [0.2, 0.25) is 5.02 Å². The van der Waals surface area contributed by atoms with Gasteiger partial charge in [0, 0.05) is 18.6 Å². The molecule has 0 saturated carbocycles. The van der Waals surface area contributed by atoms with E-state index in [2.05, 4.69) is 4.90 Å². The van der Waals surface area contributed by atoms with Gasteiger partial charge in [0.15, 0.2) is 28.2 Å². The second-order valence-corrected chi connectivity index (χ2v) is 7.65. The normalized spacial score (nSPS) is 15.8. The number of nitrogens with zero attached hydrogens (tertiary/aromatic N) is 4. The molecule has 0 N–H and O–H groups in total. The smallest absolute Gasteiger partial charge is 0.198 e. The Bertz CT molecular complexity index is 1030. The van der Waals surface area contributed by atoms with E-state index < -0.39 is 0 Å². The minimum absolute atomic E-state index is 0.301. The standard InChI is InChI=1S/C20H21ClN4O2S/c1-23(11-14-7-9-15(21)10-8-14)13-25-20(28)24(2)19(22-25)18-12-26-16-5-3-4-6-17(16)27-18/h3-10,18H,11-13H2,1-2H3. The fourth-order valence-corrected chi connectivity index (χ4v) is 3.52. The number of hydrogen-bond donors (Lipinski definition) is 0. The number of benzene rings is 2. The molecule has 28 heavy (non-hydrogen) atoms. The first-order valence-electron chi connectivity index (χ1n) is 8.96. The fourth-order valence-electron chi connectivity index (χ4n) is 3.20. The Labute approximate surface area is 173 Å². The van der Waals surface area contributed by atoms with Crippen molar-refractivity contribution in [2.75, 3.05) is 13.7 Å². The van der Waals surface area contributed by atoms with Crippen molar-refractivity contribution in [3.8, 4) is 11.5 Å². The van der Waals surface area contributed by atoms with Gasteiger partial charge in [0.05, 0.1) is 6.67 Å². The molecule has 1 unspecified atom stereocenters. The summed E-state index contributed by atoms with van der Waals surface area (Å²) < 4.78 is 16.2. The Kier molecular flexibility index (Phi) is 5.39. The van der Waals surface area contributed by atoms with Crippen LogP contribution in [0.3, 0.4) is 0 Å². The maximum atomic E-state index is 6.08. The highest BCUT2D eigenvalue weighted by Gasteiger charge is 2.27. The van der Waals surface area contributed by atoms with Crippen molar-refractivity contribution >= 4 is 23.8 Å². The average molecular weight is 417 g/mol. The molecule has 4 rings (SSSR count). The molecule has 146 valence electrons. The van der Waals surface area contributed by atoms with Gasteiger partial charge in [0.1, 0.15) is 6.61 Å². The van der Waals surface area contributed by atoms with Crippen LogP contribution in [-0.2, 0) is 20.3 Å². The summed E-state index contributed by atoms with van der Waals surface area (Å²) in [4.78, 5) is 2.14. The van der Waals surface area contributed by atoms with Crippen molar-refractivity contribution in [1.82, 2.24) is 19.2 Å². The molecule has 0 amide bonds. The van der Waals surface area contributed by atoms with Crippen LogP contribution < -0.4 is 9.47 Å². The maximum Gasteiger partial charge on any atom is 0.198 e. The first-order chi connectivity index (χ1) is 13.5. The molecule has 6 nitrogen and oxygen atoms in total. The van der Waals surface area contributed by atoms with E-state index in [1.54, 1.807) is 0 Å². The topological polar surface area (TPSA) is 44.5 Å². The Hall–Kier alpha value is -2.35. The molecule has 0 radical (unpaired) electrons. The van der Waals surface area contributed by atoms with Crippen molar-refractivity contribution in [2.45, 2.75) is 19.3 Å². The van der Waals surface area contributed by atoms with Gasteiger partial charge in [-0.05, 0) is 49.1 Å². The van der Waals surface area contributed by atoms with Gasteiger partial charge in [-0.1, -0.05) is 35.9 Å². The van der Waals surface area contributed by atoms with Gasteiger partial charge >= 0.3 is 0 Å². The summed E-state index contributed by atoms with van der Waals surface area (Å²) in [7, 11) is 3.94. The fraction of sp³-hybridized carbons (Fsp3) is 0.300. The van der Waals surface area contributed by atoms with Crippen LogP contribution in [0, 0.1) is 4.77 Å². The van der Waals surface area contributed by atoms with Gasteiger partial charge in [0.25, 0.3) is 0 Å². The lowest BCUT2D eigenvalue weighted by Gasteiger charge is -2.25. The summed E-state index contributed by atoms with van der Waals surface area (Å²) in [5.41, 5.74) is 1.18. The predicted molar refractivity (Wildman–Crippen MR) is 110 cm³/mol. The number of aromatic nitrogens is 3. The minimum atomic E-state index is -0.301. The van der Waals surface area contributed by atoms with E-state index in [0.29, 0.717) is 18.0 Å². The highest BCUT2D eigenvalue weighted by Crippen LogP contribution is 2.35. The number of hydrogen-bond acceptors (Lipinski definition) is 5. The van der Waals surface area contributed by atoms with Gasteiger partial charge in [0.2, 0.25) is 0 Å². The molecule has 0 aliphatic carbocycles. The molecule has 8 heteroatoms. The first-order valence-corrected chi connectivity index (χ1v) is 9.75. The quantitative estimate of drug-likeness (QED) is 0.583. The molecule has 1 aliphatic heterocycles. The third-order valence-corrected chi connectivity index (χ3v) is 5.35. The Balaban J connectivity index is 1.49. The van der Waals surface area contributed by atoms with E-state index in [0.717, 1.165) is 28.9 Å². The summed E-state index contributed by atoms with van der Waals surface area (Å²) in [6, 6.07) is 15.5. The zero-order valence-electron chi connectivity index (χ0n) is 15.7. The third kappa shape index (κ3) is 3.92. The Morgan fingerprint density at radius 2 is 1.89 bits per heavy atom. The van der Waals surface area contributed by atoms with Crippen molar-refractivity contribution in [3.05, 3.63) is 69.7 Å². The molecule has 0 saturated heterocycles. The average Bonchev–Trinajstić information content (AvgIpc) is 2.98. The molecule has 2 heterocycles. The van der Waals surface area contributed by atoms with Crippen LogP contribution in [0.1, 0.15) is 17.5 Å². The van der Waals surface area contributed by atoms with Crippen molar-refractivity contribution < 1.29 is 9.47 Å². The Morgan fingerprint density at radius 1 is 1.18 bits per heavy atom. The van der Waals surface area contributed by atoms with Gasteiger partial charge in [-0.2, -0.15) is 5.10 Å². The summed E-state index contributed by atoms with van der Waals surface area (Å²) in [6.07, 6.45) is -0.301. The van der Waals surface area contributed by atoms with E-state index >= 15 is 0 Å². The largest absolute Gasteiger partial charge is 0.485 e. The SMILES string of the molecule is CN(Cc1ccc(Cl)cc1)Cn1nc(C2COc3ccccc3O2)n(C)c1=S. The molecule has 1 atom stereocenters. The lowest BCUT2D eigenvalue weighted by atomic mass is 10.2. The van der Waals surface area contributed by atoms with E-state index in [-0.39, 0.29) is 6.10 Å². The van der Waals surface area contributed by atoms with Crippen LogP contribution in [0.25, 0.3) is 0 Å². The Morgan fingerprint density at radius 3 is 2.64 bits per heavy atom. The number of halogens is 1. The zero-order valence-corrected chi connectivity index (χ0v) is 17.3. The molecule has 1 aliphatic rings. The van der Waals surface area contributed by atoms with E-state index in [4.69, 9.17) is 38.4 Å². The van der Waals surface area contributed by atoms with Crippen LogP contribution in [0.5, 0.6) is 11.5 Å². The number of ether oxygens (including phenoxy) is 2. The van der Waals surface area contributed by atoms with Crippen LogP contribution in [0.4, 0.5) is 0 Å². The summed E-state index contributed by atoms with van der Waals surface area (Å²) in [5.74, 6) is 2.22. The van der Waals surface area contributed by atoms with Crippen molar-refractivity contribution in [1.29, 1.82) is 0 Å². The second kappa shape index (κ2) is 7.95. The lowest BCUT2D eigenvalue weighted by molar-refractivity contribution is 0.0821. The molecule has 1 aromatic heterocycles. The molecule has 3 aromatic rings. The van der Waals surface area contributed by atoms with Crippen molar-refractivity contribution in [3.63, 3.8) is 0 Å². The molecule has 0 bridgehead atoms. The zero-order chi connectivity index (χ0) is 19.7. The van der Waals surface area contributed by atoms with Crippen LogP contribution >= 0.6 is 23.8 Å². The van der Waals surface area contributed by atoms with Crippen LogP contribution in [0.15, 0.2) is 48.5 Å². The highest BCUT2D eigenvalue weighted by molar-refractivity contribution is 7.71. The molecular weight excluding hydrogens is 396 g/mol. The van der Waals surface area contributed by atoms with Gasteiger partial charge in [-0.3, -0.25) is 4.90 Å². The van der Waals surface area contributed by atoms with Gasteiger partial charge < -0.3 is 14.0 Å². The van der Waals surface area contributed by atoms with E-state index in [9.17, 15) is 0 Å². The maximum absolute atomic E-state index is 6.08. The molecule has 0 fully saturated rings. The number of fused-ring (bicyclic) bond motifs is 1. The molecular formula is C20H21ClN4O2S. The third-order valence-electron chi connectivity index (χ3n) is 4.61. The first kappa shape index (κ1) is 19.0.